The molecule has 0 radical (unpaired) electrons. The molecule has 0 amide bonds. The lowest BCUT2D eigenvalue weighted by Crippen LogP contribution is -1.62. The summed E-state index contributed by atoms with van der Waals surface area (Å²) in [5.41, 5.74) is 0. The first-order chi connectivity index (χ1) is 7.68. The van der Waals surface area contributed by atoms with Crippen molar-refractivity contribution in [2.45, 2.75) is 14.9 Å². The molecule has 126 valence electrons. The van der Waals surface area contributed by atoms with Gasteiger partial charge >= 0.3 is 0 Å². The third-order valence-corrected chi connectivity index (χ3v) is 15.1. The van der Waals surface area contributed by atoms with Gasteiger partial charge in [0.15, 0.2) is 0 Å². The Morgan fingerprint density at radius 2 is 0.900 bits per heavy atom. The van der Waals surface area contributed by atoms with E-state index in [1.807, 2.05) is 0 Å². The molecular weight excluding hydrogens is 512 g/mol. The van der Waals surface area contributed by atoms with Gasteiger partial charge in [-0.3, -0.25) is 4.74 Å². The predicted octanol–water partition coefficient (Wildman–Crippen LogP) is 11.3. The van der Waals surface area contributed by atoms with Crippen LogP contribution in [0.2, 0.25) is 0 Å². The molecule has 0 bridgehead atoms. The van der Waals surface area contributed by atoms with E-state index >= 15 is 0 Å². The Bertz CT molecular complexity index is 437. The maximum atomic E-state index is 5.64. The van der Waals surface area contributed by atoms with Crippen LogP contribution in [0.3, 0.4) is 0 Å². The molecule has 20 heavy (non-hydrogen) atoms. The minimum atomic E-state index is -2.91. The Labute approximate surface area is 159 Å². The molecule has 0 atom stereocenters. The van der Waals surface area contributed by atoms with Crippen LogP contribution in [0, 0.1) is 0 Å². The van der Waals surface area contributed by atoms with Crippen molar-refractivity contribution < 1.29 is 0 Å². The summed E-state index contributed by atoms with van der Waals surface area (Å²) < 4.78 is 14.6. The molecule has 0 aromatic heterocycles. The lowest BCUT2D eigenvalue weighted by molar-refractivity contribution is 1.51. The third-order valence-electron chi connectivity index (χ3n) is 0.997. The van der Waals surface area contributed by atoms with E-state index in [2.05, 4.69) is 18.3 Å². The van der Waals surface area contributed by atoms with E-state index in [-0.39, 0.29) is 14.9 Å². The zero-order chi connectivity index (χ0) is 14.8. The highest BCUT2D eigenvalue weighted by molar-refractivity contribution is 8.26. The van der Waals surface area contributed by atoms with Crippen molar-refractivity contribution >= 4 is 113 Å². The molecule has 0 aromatic rings. The second-order valence-corrected chi connectivity index (χ2v) is 23.9. The lowest BCUT2D eigenvalue weighted by atomic mass is 11.6. The van der Waals surface area contributed by atoms with Crippen molar-refractivity contribution in [2.75, 3.05) is 13.7 Å². The van der Waals surface area contributed by atoms with Crippen LogP contribution in [-0.4, -0.2) is 13.7 Å². The van der Waals surface area contributed by atoms with E-state index in [0.29, 0.717) is 0 Å². The highest BCUT2D eigenvalue weighted by Crippen LogP contribution is 2.87. The third kappa shape index (κ3) is 14.8. The maximum absolute atomic E-state index is 5.64. The van der Waals surface area contributed by atoms with Crippen molar-refractivity contribution in [3.05, 3.63) is 0 Å². The number of rotatable bonds is 0. The summed E-state index contributed by atoms with van der Waals surface area (Å²) >= 11 is 44.7. The molecule has 0 aliphatic carbocycles. The summed E-state index contributed by atoms with van der Waals surface area (Å²) in [5, 5.41) is 0. The van der Waals surface area contributed by atoms with Gasteiger partial charge in [0.2, 0.25) is 0 Å². The smallest absolute Gasteiger partial charge is 0.257 e. The van der Waals surface area contributed by atoms with Gasteiger partial charge in [-0.05, 0) is 74.1 Å². The number of halogens is 8. The van der Waals surface area contributed by atoms with E-state index in [1.54, 1.807) is 13.7 Å². The zero-order valence-electron chi connectivity index (χ0n) is 8.60. The standard InChI is InChI=1S/C2H6Cl2NP.2CH4.Cl6N3P3/c1-5-6(2,3)4;;;1-10(2)7-11(3,4)9-12(5,6)8-10/h1-2H3;2*1H4;. The summed E-state index contributed by atoms with van der Waals surface area (Å²) in [6.45, 7) is 1.72. The summed E-state index contributed by atoms with van der Waals surface area (Å²) in [4.78, 5) is 0. The van der Waals surface area contributed by atoms with Crippen LogP contribution in [0.15, 0.2) is 18.3 Å². The topological polar surface area (TPSA) is 49.4 Å². The summed E-state index contributed by atoms with van der Waals surface area (Å²) in [6, 6.07) is 0. The molecule has 0 spiro atoms. The molecule has 0 saturated heterocycles. The van der Waals surface area contributed by atoms with Crippen LogP contribution < -0.4 is 0 Å². The van der Waals surface area contributed by atoms with E-state index in [9.17, 15) is 0 Å². The average Bonchev–Trinajstić information content (AvgIpc) is 1.93. The van der Waals surface area contributed by atoms with Crippen LogP contribution in [0.4, 0.5) is 0 Å². The molecule has 0 N–H and O–H groups in total. The van der Waals surface area contributed by atoms with Gasteiger partial charge in [0.05, 0.1) is 0 Å². The van der Waals surface area contributed by atoms with Gasteiger partial charge < -0.3 is 0 Å². The number of nitrogens with zero attached hydrogens (tertiary/aromatic N) is 4. The van der Waals surface area contributed by atoms with E-state index in [1.165, 1.54) is 0 Å². The molecule has 0 saturated carbocycles. The van der Waals surface area contributed by atoms with Crippen molar-refractivity contribution in [1.82, 2.24) is 0 Å². The summed E-state index contributed by atoms with van der Waals surface area (Å²) in [7, 11) is 1.62. The van der Waals surface area contributed by atoms with Gasteiger partial charge in [-0.25, -0.2) is 0 Å². The SMILES string of the molecule is C.C.CN=P(C)(Cl)Cl.ClP1(Cl)=NP(Cl)(Cl)=NP(Cl)(Cl)=N1. The number of hydrogen-bond donors (Lipinski definition) is 0. The Morgan fingerprint density at radius 3 is 1.00 bits per heavy atom. The minimum Gasteiger partial charge on any atom is -0.277 e. The van der Waals surface area contributed by atoms with Gasteiger partial charge in [-0.1, -0.05) is 37.3 Å². The molecule has 1 aliphatic rings. The zero-order valence-corrected chi connectivity index (χ0v) is 18.2. The Balaban J connectivity index is -0.000000316. The summed E-state index contributed by atoms with van der Waals surface area (Å²) in [6.07, 6.45) is 0. The molecule has 4 nitrogen and oxygen atoms in total. The second kappa shape index (κ2) is 10.3. The molecule has 0 fully saturated rings. The van der Waals surface area contributed by atoms with Gasteiger partial charge in [0, 0.05) is 7.05 Å². The maximum Gasteiger partial charge on any atom is 0.257 e. The van der Waals surface area contributed by atoms with E-state index in [4.69, 9.17) is 89.9 Å². The number of hydrogen-bond acceptors (Lipinski definition) is 4. The normalized spacial score (nSPS) is 21.1. The predicted molar refractivity (Wildman–Crippen MR) is 110 cm³/mol. The first-order valence-corrected chi connectivity index (χ1v) is 18.2. The highest BCUT2D eigenvalue weighted by atomic mass is 35.9. The van der Waals surface area contributed by atoms with E-state index < -0.39 is 23.5 Å². The first kappa shape index (κ1) is 28.1. The molecule has 1 rings (SSSR count). The van der Waals surface area contributed by atoms with Crippen LogP contribution in [-0.2, 0) is 0 Å². The van der Waals surface area contributed by atoms with Crippen LogP contribution in [0.5, 0.6) is 0 Å². The van der Waals surface area contributed by atoms with Crippen LogP contribution in [0.1, 0.15) is 14.9 Å². The Kier molecular flexibility index (Phi) is 14.4. The fourth-order valence-corrected chi connectivity index (χ4v) is 19.3. The average molecular weight is 526 g/mol. The fourth-order valence-electron chi connectivity index (χ4n) is 0.442. The van der Waals surface area contributed by atoms with Gasteiger partial charge in [-0.2, -0.15) is 13.5 Å². The first-order valence-electron chi connectivity index (χ1n) is 3.65. The van der Waals surface area contributed by atoms with Crippen LogP contribution in [0.25, 0.3) is 0 Å². The monoisotopic (exact) mass is 522 g/mol. The minimum absolute atomic E-state index is 0. The van der Waals surface area contributed by atoms with Crippen molar-refractivity contribution in [3.8, 4) is 0 Å². The van der Waals surface area contributed by atoms with Crippen molar-refractivity contribution in [3.63, 3.8) is 0 Å². The molecular formula is C4H14Cl8N4P4. The summed E-state index contributed by atoms with van der Waals surface area (Å²) in [5.74, 6) is -10.6. The van der Waals surface area contributed by atoms with Gasteiger partial charge in [-0.15, -0.1) is 0 Å². The largest absolute Gasteiger partial charge is 0.277 e. The molecule has 1 aliphatic heterocycles. The Hall–Kier alpha value is 3.24. The molecule has 0 aromatic carbocycles. The van der Waals surface area contributed by atoms with Crippen molar-refractivity contribution in [2.24, 2.45) is 18.3 Å². The van der Waals surface area contributed by atoms with Crippen LogP contribution >= 0.6 is 113 Å². The van der Waals surface area contributed by atoms with Gasteiger partial charge in [0.25, 0.3) is 17.7 Å². The highest BCUT2D eigenvalue weighted by Gasteiger charge is 2.30. The Morgan fingerprint density at radius 1 is 0.750 bits per heavy atom. The fraction of sp³-hybridized carbons (Fsp3) is 1.00. The molecule has 1 heterocycles. The van der Waals surface area contributed by atoms with Crippen molar-refractivity contribution in [1.29, 1.82) is 0 Å². The quantitative estimate of drug-likeness (QED) is 0.282. The lowest BCUT2D eigenvalue weighted by Gasteiger charge is -2.16. The molecule has 0 unspecified atom stereocenters. The van der Waals surface area contributed by atoms with E-state index in [0.717, 1.165) is 0 Å². The van der Waals surface area contributed by atoms with Gasteiger partial charge in [0.1, 0.15) is 5.76 Å². The second-order valence-electron chi connectivity index (χ2n) is 2.59. The molecule has 16 heteroatoms.